The molecule has 0 saturated carbocycles. The Labute approximate surface area is 111 Å². The largest absolute Gasteiger partial charge is 0.476 e. The first-order valence-electron chi connectivity index (χ1n) is 4.64. The third-order valence-electron chi connectivity index (χ3n) is 1.87. The van der Waals surface area contributed by atoms with Crippen molar-refractivity contribution in [3.05, 3.63) is 45.9 Å². The van der Waals surface area contributed by atoms with Crippen molar-refractivity contribution in [2.45, 2.75) is 0 Å². The Hall–Kier alpha value is -1.70. The zero-order valence-corrected chi connectivity index (χ0v) is 10.7. The molecular weight excluding hydrogens is 335 g/mol. The molecule has 6 heteroatoms. The highest BCUT2D eigenvalue weighted by atomic mass is 127. The molecule has 5 nitrogen and oxygen atoms in total. The lowest BCUT2D eigenvalue weighted by molar-refractivity contribution is 0.0689. The summed E-state index contributed by atoms with van der Waals surface area (Å²) < 4.78 is 6.47. The number of carboxylic acid groups (broad SMARTS) is 1. The van der Waals surface area contributed by atoms with Gasteiger partial charge in [0.1, 0.15) is 5.75 Å². The number of hydrogen-bond donors (Lipinski definition) is 1. The first-order valence-corrected chi connectivity index (χ1v) is 5.72. The van der Waals surface area contributed by atoms with Crippen molar-refractivity contribution in [3.63, 3.8) is 0 Å². The van der Waals surface area contributed by atoms with E-state index >= 15 is 0 Å². The minimum atomic E-state index is -1.13. The molecule has 0 aliphatic heterocycles. The maximum absolute atomic E-state index is 10.7. The molecule has 1 aromatic heterocycles. The van der Waals surface area contributed by atoms with Gasteiger partial charge in [-0.2, -0.15) is 0 Å². The van der Waals surface area contributed by atoms with E-state index in [-0.39, 0.29) is 11.6 Å². The van der Waals surface area contributed by atoms with Crippen molar-refractivity contribution in [1.82, 2.24) is 9.97 Å². The third kappa shape index (κ3) is 3.13. The number of carbonyl (C=O) groups is 1. The van der Waals surface area contributed by atoms with Gasteiger partial charge in [0.25, 0.3) is 0 Å². The molecule has 2 aromatic rings. The van der Waals surface area contributed by atoms with Gasteiger partial charge in [0, 0.05) is 3.57 Å². The monoisotopic (exact) mass is 342 g/mol. The van der Waals surface area contributed by atoms with Crippen LogP contribution in [0.5, 0.6) is 11.6 Å². The average molecular weight is 342 g/mol. The smallest absolute Gasteiger partial charge is 0.356 e. The van der Waals surface area contributed by atoms with Crippen LogP contribution in [0.15, 0.2) is 36.7 Å². The highest BCUT2D eigenvalue weighted by Crippen LogP contribution is 2.19. The van der Waals surface area contributed by atoms with Gasteiger partial charge in [-0.25, -0.2) is 9.78 Å². The van der Waals surface area contributed by atoms with Gasteiger partial charge in [-0.15, -0.1) is 0 Å². The predicted octanol–water partition coefficient (Wildman–Crippen LogP) is 2.57. The number of rotatable bonds is 3. The summed E-state index contributed by atoms with van der Waals surface area (Å²) in [5.41, 5.74) is -0.145. The molecule has 1 N–H and O–H groups in total. The summed E-state index contributed by atoms with van der Waals surface area (Å²) in [6, 6.07) is 7.31. The topological polar surface area (TPSA) is 72.3 Å². The van der Waals surface area contributed by atoms with E-state index in [2.05, 4.69) is 32.6 Å². The number of carboxylic acids is 1. The average Bonchev–Trinajstić information content (AvgIpc) is 2.32. The van der Waals surface area contributed by atoms with E-state index in [0.29, 0.717) is 5.75 Å². The molecule has 0 bridgehead atoms. The van der Waals surface area contributed by atoms with E-state index in [9.17, 15) is 4.79 Å². The molecule has 0 aliphatic carbocycles. The van der Waals surface area contributed by atoms with Crippen LogP contribution in [0.3, 0.4) is 0 Å². The van der Waals surface area contributed by atoms with Crippen LogP contribution in [0, 0.1) is 3.57 Å². The molecule has 0 aliphatic rings. The molecule has 2 rings (SSSR count). The van der Waals surface area contributed by atoms with Crippen molar-refractivity contribution in [2.75, 3.05) is 0 Å². The predicted molar refractivity (Wildman–Crippen MR) is 68.2 cm³/mol. The number of benzene rings is 1. The van der Waals surface area contributed by atoms with Crippen LogP contribution in [0.2, 0.25) is 0 Å². The molecule has 86 valence electrons. The fourth-order valence-corrected chi connectivity index (χ4v) is 1.48. The molecule has 0 amide bonds. The molecule has 17 heavy (non-hydrogen) atoms. The Morgan fingerprint density at radius 3 is 2.59 bits per heavy atom. The van der Waals surface area contributed by atoms with Crippen LogP contribution in [0.4, 0.5) is 0 Å². The summed E-state index contributed by atoms with van der Waals surface area (Å²) >= 11 is 2.18. The Kier molecular flexibility index (Phi) is 3.52. The number of aromatic nitrogens is 2. The number of hydrogen-bond acceptors (Lipinski definition) is 4. The van der Waals surface area contributed by atoms with E-state index in [4.69, 9.17) is 9.84 Å². The van der Waals surface area contributed by atoms with Crippen LogP contribution < -0.4 is 4.74 Å². The van der Waals surface area contributed by atoms with Crippen molar-refractivity contribution in [1.29, 1.82) is 0 Å². The summed E-state index contributed by atoms with van der Waals surface area (Å²) in [5, 5.41) is 8.75. The van der Waals surface area contributed by atoms with Crippen molar-refractivity contribution >= 4 is 28.6 Å². The number of nitrogens with zero attached hydrogens (tertiary/aromatic N) is 2. The highest BCUT2D eigenvalue weighted by Gasteiger charge is 2.07. The molecule has 0 unspecified atom stereocenters. The minimum absolute atomic E-state index is 0.145. The lowest BCUT2D eigenvalue weighted by Gasteiger charge is -2.04. The summed E-state index contributed by atoms with van der Waals surface area (Å²) in [4.78, 5) is 18.2. The third-order valence-corrected chi connectivity index (χ3v) is 2.59. The summed E-state index contributed by atoms with van der Waals surface area (Å²) in [6.07, 6.45) is 2.54. The lowest BCUT2D eigenvalue weighted by atomic mass is 10.3. The number of aromatic carboxylic acids is 1. The fourth-order valence-electron chi connectivity index (χ4n) is 1.12. The molecular formula is C11H7IN2O3. The molecule has 0 fully saturated rings. The van der Waals surface area contributed by atoms with Crippen LogP contribution in [-0.2, 0) is 0 Å². The first kappa shape index (κ1) is 11.8. The van der Waals surface area contributed by atoms with Gasteiger partial charge in [-0.1, -0.05) is 0 Å². The van der Waals surface area contributed by atoms with Crippen LogP contribution in [0.25, 0.3) is 0 Å². The second kappa shape index (κ2) is 5.09. The molecule has 0 saturated heterocycles. The van der Waals surface area contributed by atoms with E-state index in [0.717, 1.165) is 3.57 Å². The van der Waals surface area contributed by atoms with Gasteiger partial charge in [-0.3, -0.25) is 4.98 Å². The second-order valence-electron chi connectivity index (χ2n) is 3.10. The van der Waals surface area contributed by atoms with Gasteiger partial charge in [0.15, 0.2) is 5.69 Å². The molecule has 0 radical (unpaired) electrons. The van der Waals surface area contributed by atoms with E-state index < -0.39 is 5.97 Å². The number of halogens is 1. The molecule has 0 spiro atoms. The van der Waals surface area contributed by atoms with Gasteiger partial charge >= 0.3 is 5.97 Å². The molecule has 0 atom stereocenters. The van der Waals surface area contributed by atoms with Crippen molar-refractivity contribution in [3.8, 4) is 11.6 Å². The van der Waals surface area contributed by atoms with Gasteiger partial charge in [0.2, 0.25) is 5.88 Å². The van der Waals surface area contributed by atoms with Crippen LogP contribution in [-0.4, -0.2) is 21.0 Å². The highest BCUT2D eigenvalue weighted by molar-refractivity contribution is 14.1. The zero-order valence-electron chi connectivity index (χ0n) is 8.50. The van der Waals surface area contributed by atoms with Crippen LogP contribution in [0.1, 0.15) is 10.5 Å². The van der Waals surface area contributed by atoms with Gasteiger partial charge in [-0.05, 0) is 46.9 Å². The summed E-state index contributed by atoms with van der Waals surface area (Å²) in [6.45, 7) is 0. The van der Waals surface area contributed by atoms with E-state index in [1.54, 1.807) is 12.1 Å². The summed E-state index contributed by atoms with van der Waals surface area (Å²) in [5.74, 6) is -0.390. The Balaban J connectivity index is 2.21. The second-order valence-corrected chi connectivity index (χ2v) is 4.35. The Morgan fingerprint density at radius 1 is 1.24 bits per heavy atom. The maximum atomic E-state index is 10.7. The quantitative estimate of drug-likeness (QED) is 0.868. The maximum Gasteiger partial charge on any atom is 0.356 e. The van der Waals surface area contributed by atoms with Crippen molar-refractivity contribution in [2.24, 2.45) is 0 Å². The lowest BCUT2D eigenvalue weighted by Crippen LogP contribution is -2.02. The fraction of sp³-hybridized carbons (Fsp3) is 0. The number of ether oxygens (including phenoxy) is 1. The first-order chi connectivity index (χ1) is 8.15. The van der Waals surface area contributed by atoms with Gasteiger partial charge < -0.3 is 9.84 Å². The van der Waals surface area contributed by atoms with E-state index in [1.165, 1.54) is 12.4 Å². The van der Waals surface area contributed by atoms with E-state index in [1.807, 2.05) is 12.1 Å². The standard InChI is InChI=1S/C11H7IN2O3/c12-7-1-3-8(4-2-7)17-10-6-13-5-9(14-10)11(15)16/h1-6H,(H,15,16). The van der Waals surface area contributed by atoms with Crippen LogP contribution >= 0.6 is 22.6 Å². The molecule has 1 heterocycles. The summed E-state index contributed by atoms with van der Waals surface area (Å²) in [7, 11) is 0. The van der Waals surface area contributed by atoms with Crippen molar-refractivity contribution < 1.29 is 14.6 Å². The van der Waals surface area contributed by atoms with Gasteiger partial charge in [0.05, 0.1) is 12.4 Å². The Bertz CT molecular complexity index is 543. The SMILES string of the molecule is O=C(O)c1cncc(Oc2ccc(I)cc2)n1. The minimum Gasteiger partial charge on any atom is -0.476 e. The molecule has 1 aromatic carbocycles. The zero-order chi connectivity index (χ0) is 12.3. The normalized spacial score (nSPS) is 9.94. The Morgan fingerprint density at radius 2 is 1.94 bits per heavy atom.